The number of nitrogens with zero attached hydrogens (tertiary/aromatic N) is 4. The van der Waals surface area contributed by atoms with E-state index in [1.807, 2.05) is 40.0 Å². The first-order valence-electron chi connectivity index (χ1n) is 11.4. The zero-order valence-electron chi connectivity index (χ0n) is 19.7. The molecule has 0 aliphatic carbocycles. The van der Waals surface area contributed by atoms with Crippen molar-refractivity contribution in [3.63, 3.8) is 0 Å². The van der Waals surface area contributed by atoms with E-state index in [9.17, 15) is 9.59 Å². The van der Waals surface area contributed by atoms with Gasteiger partial charge in [-0.1, -0.05) is 24.3 Å². The molecule has 0 bridgehead atoms. The number of rotatable bonds is 6. The van der Waals surface area contributed by atoms with Crippen LogP contribution >= 0.6 is 0 Å². The maximum absolute atomic E-state index is 13.6. The Kier molecular flexibility index (Phi) is 6.31. The number of benzene rings is 1. The Balaban J connectivity index is 1.67. The van der Waals surface area contributed by atoms with Gasteiger partial charge in [-0.05, 0) is 62.4 Å². The van der Waals surface area contributed by atoms with Crippen LogP contribution in [-0.2, 0) is 18.3 Å². The molecule has 1 aliphatic rings. The molecule has 1 aliphatic heterocycles. The fraction of sp³-hybridized carbons (Fsp3) is 0.385. The number of aromatic nitrogens is 3. The molecule has 3 heterocycles. The van der Waals surface area contributed by atoms with Gasteiger partial charge in [0, 0.05) is 44.1 Å². The third-order valence-electron chi connectivity index (χ3n) is 6.51. The van der Waals surface area contributed by atoms with Crippen LogP contribution in [0, 0.1) is 6.92 Å². The summed E-state index contributed by atoms with van der Waals surface area (Å²) in [6.07, 6.45) is 7.03. The van der Waals surface area contributed by atoms with Gasteiger partial charge in [-0.25, -0.2) is 0 Å². The molecule has 1 unspecified atom stereocenters. The number of nitrogens with one attached hydrogen (secondary N) is 1. The summed E-state index contributed by atoms with van der Waals surface area (Å²) < 4.78 is 1.69. The van der Waals surface area contributed by atoms with Crippen molar-refractivity contribution in [1.29, 1.82) is 0 Å². The highest BCUT2D eigenvalue weighted by atomic mass is 16.2. The fourth-order valence-corrected chi connectivity index (χ4v) is 4.62. The molecule has 1 atom stereocenters. The second-order valence-electron chi connectivity index (χ2n) is 9.10. The summed E-state index contributed by atoms with van der Waals surface area (Å²) in [5.74, 6) is -0.228. The maximum Gasteiger partial charge on any atom is 0.258 e. The van der Waals surface area contributed by atoms with Crippen LogP contribution in [0.1, 0.15) is 48.3 Å². The van der Waals surface area contributed by atoms with Crippen LogP contribution in [-0.4, -0.2) is 49.6 Å². The van der Waals surface area contributed by atoms with Crippen molar-refractivity contribution in [2.24, 2.45) is 7.05 Å². The van der Waals surface area contributed by atoms with Crippen LogP contribution in [0.25, 0.3) is 11.1 Å². The summed E-state index contributed by atoms with van der Waals surface area (Å²) >= 11 is 0. The van der Waals surface area contributed by atoms with Gasteiger partial charge in [0.25, 0.3) is 5.91 Å². The molecule has 1 fully saturated rings. The van der Waals surface area contributed by atoms with Crippen LogP contribution in [0.2, 0.25) is 0 Å². The van der Waals surface area contributed by atoms with E-state index in [0.717, 1.165) is 28.8 Å². The van der Waals surface area contributed by atoms with E-state index in [2.05, 4.69) is 39.7 Å². The number of amides is 2. The van der Waals surface area contributed by atoms with Crippen LogP contribution in [0.5, 0.6) is 0 Å². The lowest BCUT2D eigenvalue weighted by atomic mass is 9.86. The minimum atomic E-state index is -0.929. The molecule has 33 heavy (non-hydrogen) atoms. The number of hydrogen-bond donors (Lipinski definition) is 1. The molecule has 7 heteroatoms. The lowest BCUT2D eigenvalue weighted by Crippen LogP contribution is -2.59. The topological polar surface area (TPSA) is 80.1 Å². The Morgan fingerprint density at radius 1 is 1.09 bits per heavy atom. The Labute approximate surface area is 194 Å². The molecule has 1 saturated heterocycles. The summed E-state index contributed by atoms with van der Waals surface area (Å²) in [6.45, 7) is 6.32. The van der Waals surface area contributed by atoms with E-state index in [1.54, 1.807) is 28.2 Å². The standard InChI is InChI=1S/C26H31N5O2/c1-18(2)29-25(33)26(12-5-15-31(26)24(32)23-17-28-30(4)19(23)3)16-20-6-8-21(9-7-20)22-10-13-27-14-11-22/h6-11,13-14,17-18H,5,12,15-16H2,1-4H3,(H,29,33). The predicted molar refractivity (Wildman–Crippen MR) is 128 cm³/mol. The number of aryl methyl sites for hydroxylation is 1. The van der Waals surface area contributed by atoms with Gasteiger partial charge in [-0.15, -0.1) is 0 Å². The van der Waals surface area contributed by atoms with Crippen LogP contribution in [0.4, 0.5) is 0 Å². The molecule has 1 aromatic carbocycles. The molecule has 0 radical (unpaired) electrons. The number of likely N-dealkylation sites (tertiary alicyclic amines) is 1. The van der Waals surface area contributed by atoms with Crippen LogP contribution < -0.4 is 5.32 Å². The Bertz CT molecular complexity index is 1140. The molecule has 172 valence electrons. The van der Waals surface area contributed by atoms with Gasteiger partial charge in [0.2, 0.25) is 5.91 Å². The van der Waals surface area contributed by atoms with Crippen molar-refractivity contribution in [3.8, 4) is 11.1 Å². The highest BCUT2D eigenvalue weighted by Crippen LogP contribution is 2.35. The smallest absolute Gasteiger partial charge is 0.258 e. The maximum atomic E-state index is 13.6. The number of carbonyl (C=O) groups excluding carboxylic acids is 2. The SMILES string of the molecule is Cc1c(C(=O)N2CCCC2(Cc2ccc(-c3ccncc3)cc2)C(=O)NC(C)C)cnn1C. The first-order valence-corrected chi connectivity index (χ1v) is 11.4. The Morgan fingerprint density at radius 3 is 2.36 bits per heavy atom. The quantitative estimate of drug-likeness (QED) is 0.629. The lowest BCUT2D eigenvalue weighted by molar-refractivity contribution is -0.131. The summed E-state index contributed by atoms with van der Waals surface area (Å²) in [5.41, 5.74) is 3.62. The Hall–Kier alpha value is -3.48. The molecular weight excluding hydrogens is 414 g/mol. The van der Waals surface area contributed by atoms with Gasteiger partial charge in [-0.2, -0.15) is 5.10 Å². The van der Waals surface area contributed by atoms with Gasteiger partial charge in [-0.3, -0.25) is 19.3 Å². The lowest BCUT2D eigenvalue weighted by Gasteiger charge is -2.38. The first kappa shape index (κ1) is 22.7. The normalized spacial score (nSPS) is 18.0. The second-order valence-corrected chi connectivity index (χ2v) is 9.10. The number of hydrogen-bond acceptors (Lipinski definition) is 4. The summed E-state index contributed by atoms with van der Waals surface area (Å²) in [4.78, 5) is 33.0. The average Bonchev–Trinajstić information content (AvgIpc) is 3.38. The van der Waals surface area contributed by atoms with Gasteiger partial charge in [0.15, 0.2) is 0 Å². The van der Waals surface area contributed by atoms with E-state index in [0.29, 0.717) is 24.9 Å². The number of carbonyl (C=O) groups is 2. The minimum Gasteiger partial charge on any atom is -0.352 e. The average molecular weight is 446 g/mol. The molecule has 4 rings (SSSR count). The van der Waals surface area contributed by atoms with Gasteiger partial charge in [0.05, 0.1) is 11.8 Å². The minimum absolute atomic E-state index is 0.0129. The molecular formula is C26H31N5O2. The van der Waals surface area contributed by atoms with Crippen molar-refractivity contribution in [1.82, 2.24) is 25.0 Å². The van der Waals surface area contributed by atoms with Gasteiger partial charge < -0.3 is 10.2 Å². The molecule has 0 saturated carbocycles. The molecule has 2 aromatic heterocycles. The molecule has 3 aromatic rings. The van der Waals surface area contributed by atoms with Crippen molar-refractivity contribution in [2.75, 3.05) is 6.54 Å². The van der Waals surface area contributed by atoms with Crippen molar-refractivity contribution < 1.29 is 9.59 Å². The van der Waals surface area contributed by atoms with Crippen molar-refractivity contribution in [2.45, 2.75) is 51.6 Å². The van der Waals surface area contributed by atoms with E-state index in [1.165, 1.54) is 0 Å². The van der Waals surface area contributed by atoms with E-state index in [-0.39, 0.29) is 17.9 Å². The van der Waals surface area contributed by atoms with Crippen LogP contribution in [0.15, 0.2) is 55.0 Å². The Morgan fingerprint density at radius 2 is 1.76 bits per heavy atom. The second kappa shape index (κ2) is 9.17. The molecule has 0 spiro atoms. The molecule has 1 N–H and O–H groups in total. The van der Waals surface area contributed by atoms with Gasteiger partial charge in [0.1, 0.15) is 5.54 Å². The zero-order valence-corrected chi connectivity index (χ0v) is 19.7. The largest absolute Gasteiger partial charge is 0.352 e. The van der Waals surface area contributed by atoms with E-state index in [4.69, 9.17) is 0 Å². The molecule has 2 amide bonds. The summed E-state index contributed by atoms with van der Waals surface area (Å²) in [5, 5.41) is 7.31. The van der Waals surface area contributed by atoms with E-state index < -0.39 is 5.54 Å². The summed E-state index contributed by atoms with van der Waals surface area (Å²) in [6, 6.07) is 12.2. The number of pyridine rings is 1. The fourth-order valence-electron chi connectivity index (χ4n) is 4.62. The van der Waals surface area contributed by atoms with Gasteiger partial charge >= 0.3 is 0 Å². The zero-order chi connectivity index (χ0) is 23.6. The van der Waals surface area contributed by atoms with E-state index >= 15 is 0 Å². The first-order chi connectivity index (χ1) is 15.8. The monoisotopic (exact) mass is 445 g/mol. The molecule has 7 nitrogen and oxygen atoms in total. The predicted octanol–water partition coefficient (Wildman–Crippen LogP) is 3.53. The van der Waals surface area contributed by atoms with Crippen molar-refractivity contribution in [3.05, 3.63) is 71.8 Å². The van der Waals surface area contributed by atoms with Crippen molar-refractivity contribution >= 4 is 11.8 Å². The third kappa shape index (κ3) is 4.40. The third-order valence-corrected chi connectivity index (χ3v) is 6.51. The van der Waals surface area contributed by atoms with Crippen LogP contribution in [0.3, 0.4) is 0 Å². The highest BCUT2D eigenvalue weighted by molar-refractivity contribution is 6.00. The highest BCUT2D eigenvalue weighted by Gasteiger charge is 2.50. The summed E-state index contributed by atoms with van der Waals surface area (Å²) in [7, 11) is 1.82.